The van der Waals surface area contributed by atoms with Crippen molar-refractivity contribution in [3.05, 3.63) is 0 Å². The quantitative estimate of drug-likeness (QED) is 0.813. The van der Waals surface area contributed by atoms with Gasteiger partial charge in [0.25, 0.3) is 0 Å². The Balaban J connectivity index is 1.71. The van der Waals surface area contributed by atoms with E-state index in [1.807, 2.05) is 0 Å². The number of amides is 4. The maximum atomic E-state index is 12.8. The van der Waals surface area contributed by atoms with Crippen LogP contribution in [0.5, 0.6) is 0 Å². The number of nitrogens with zero attached hydrogens (tertiary/aromatic N) is 1. The SMILES string of the molecule is O=C1NC(=O)C2(CCCCC2)C(=O)N1CCC1CCCC1. The normalized spacial score (nSPS) is 26.5. The second kappa shape index (κ2) is 5.78. The van der Waals surface area contributed by atoms with Crippen molar-refractivity contribution < 1.29 is 14.4 Å². The fourth-order valence-corrected chi connectivity index (χ4v) is 4.14. The lowest BCUT2D eigenvalue weighted by molar-refractivity contribution is -0.154. The van der Waals surface area contributed by atoms with Gasteiger partial charge in [0.1, 0.15) is 5.41 Å². The van der Waals surface area contributed by atoms with Crippen LogP contribution < -0.4 is 5.32 Å². The Morgan fingerprint density at radius 2 is 1.67 bits per heavy atom. The van der Waals surface area contributed by atoms with Gasteiger partial charge in [-0.2, -0.15) is 0 Å². The van der Waals surface area contributed by atoms with E-state index in [0.717, 1.165) is 25.7 Å². The summed E-state index contributed by atoms with van der Waals surface area (Å²) in [6.45, 7) is 0.463. The fourth-order valence-electron chi connectivity index (χ4n) is 4.14. The molecule has 3 aliphatic rings. The minimum absolute atomic E-state index is 0.242. The predicted octanol–water partition coefficient (Wildman–Crippen LogP) is 2.60. The van der Waals surface area contributed by atoms with Gasteiger partial charge in [-0.3, -0.25) is 19.8 Å². The summed E-state index contributed by atoms with van der Waals surface area (Å²) in [6, 6.07) is -0.515. The lowest BCUT2D eigenvalue weighted by Gasteiger charge is -2.41. The molecule has 1 saturated heterocycles. The molecular weight excluding hydrogens is 268 g/mol. The van der Waals surface area contributed by atoms with Crippen molar-refractivity contribution in [2.24, 2.45) is 11.3 Å². The number of barbiturate groups is 1. The van der Waals surface area contributed by atoms with Crippen LogP contribution in [0.25, 0.3) is 0 Å². The number of urea groups is 1. The minimum Gasteiger partial charge on any atom is -0.277 e. The summed E-state index contributed by atoms with van der Waals surface area (Å²) in [5.41, 5.74) is -0.957. The number of carbonyl (C=O) groups is 3. The molecule has 116 valence electrons. The van der Waals surface area contributed by atoms with Crippen LogP contribution in [0, 0.1) is 11.3 Å². The molecule has 0 aromatic heterocycles. The summed E-state index contributed by atoms with van der Waals surface area (Å²) in [7, 11) is 0. The third-order valence-electron chi connectivity index (χ3n) is 5.50. The molecule has 0 bridgehead atoms. The summed E-state index contributed by atoms with van der Waals surface area (Å²) in [5.74, 6) is 0.0220. The van der Waals surface area contributed by atoms with Gasteiger partial charge in [-0.1, -0.05) is 44.9 Å². The van der Waals surface area contributed by atoms with Crippen molar-refractivity contribution in [3.8, 4) is 0 Å². The molecule has 1 aliphatic heterocycles. The summed E-state index contributed by atoms with van der Waals surface area (Å²) in [5, 5.41) is 2.42. The van der Waals surface area contributed by atoms with Crippen LogP contribution in [0.2, 0.25) is 0 Å². The van der Waals surface area contributed by atoms with Gasteiger partial charge in [0.2, 0.25) is 11.8 Å². The molecule has 5 heteroatoms. The minimum atomic E-state index is -0.957. The second-order valence-corrected chi connectivity index (χ2v) is 6.80. The first-order valence-electron chi connectivity index (χ1n) is 8.31. The summed E-state index contributed by atoms with van der Waals surface area (Å²) in [6.07, 6.45) is 9.83. The molecule has 0 radical (unpaired) electrons. The highest BCUT2D eigenvalue weighted by Gasteiger charge is 2.53. The number of carbonyl (C=O) groups excluding carboxylic acids is 3. The topological polar surface area (TPSA) is 66.5 Å². The number of rotatable bonds is 3. The van der Waals surface area contributed by atoms with Gasteiger partial charge < -0.3 is 0 Å². The summed E-state index contributed by atoms with van der Waals surface area (Å²) < 4.78 is 0. The molecule has 3 fully saturated rings. The van der Waals surface area contributed by atoms with Crippen molar-refractivity contribution in [2.75, 3.05) is 6.54 Å². The maximum Gasteiger partial charge on any atom is 0.330 e. The highest BCUT2D eigenvalue weighted by atomic mass is 16.2. The highest BCUT2D eigenvalue weighted by Crippen LogP contribution is 2.40. The fraction of sp³-hybridized carbons (Fsp3) is 0.812. The number of imide groups is 2. The van der Waals surface area contributed by atoms with Crippen molar-refractivity contribution in [1.29, 1.82) is 0 Å². The molecule has 2 aliphatic carbocycles. The van der Waals surface area contributed by atoms with Crippen LogP contribution in [-0.4, -0.2) is 29.3 Å². The molecule has 0 aromatic carbocycles. The molecule has 0 atom stereocenters. The van der Waals surface area contributed by atoms with Crippen molar-refractivity contribution in [3.63, 3.8) is 0 Å². The van der Waals surface area contributed by atoms with E-state index in [2.05, 4.69) is 5.32 Å². The van der Waals surface area contributed by atoms with E-state index in [0.29, 0.717) is 25.3 Å². The van der Waals surface area contributed by atoms with Gasteiger partial charge in [0.15, 0.2) is 0 Å². The van der Waals surface area contributed by atoms with Gasteiger partial charge in [-0.05, 0) is 25.2 Å². The first-order valence-corrected chi connectivity index (χ1v) is 8.31. The Morgan fingerprint density at radius 1 is 1.00 bits per heavy atom. The van der Waals surface area contributed by atoms with Crippen LogP contribution in [0.15, 0.2) is 0 Å². The van der Waals surface area contributed by atoms with E-state index < -0.39 is 11.4 Å². The molecule has 4 amide bonds. The van der Waals surface area contributed by atoms with Crippen molar-refractivity contribution in [2.45, 2.75) is 64.2 Å². The Labute approximate surface area is 125 Å². The second-order valence-electron chi connectivity index (χ2n) is 6.80. The highest BCUT2D eigenvalue weighted by molar-refractivity contribution is 6.19. The predicted molar refractivity (Wildman–Crippen MR) is 77.3 cm³/mol. The molecule has 0 aromatic rings. The molecule has 1 spiro atoms. The van der Waals surface area contributed by atoms with E-state index in [1.165, 1.54) is 30.6 Å². The van der Waals surface area contributed by atoms with E-state index >= 15 is 0 Å². The largest absolute Gasteiger partial charge is 0.330 e. The van der Waals surface area contributed by atoms with Gasteiger partial charge in [-0.25, -0.2) is 4.79 Å². The molecule has 3 rings (SSSR count). The Hall–Kier alpha value is -1.39. The Kier molecular flexibility index (Phi) is 4.00. The third-order valence-corrected chi connectivity index (χ3v) is 5.50. The van der Waals surface area contributed by atoms with Crippen LogP contribution in [-0.2, 0) is 9.59 Å². The van der Waals surface area contributed by atoms with E-state index in [1.54, 1.807) is 0 Å². The average molecular weight is 292 g/mol. The molecule has 2 saturated carbocycles. The molecule has 1 N–H and O–H groups in total. The third kappa shape index (κ3) is 2.58. The molecule has 21 heavy (non-hydrogen) atoms. The first kappa shape index (κ1) is 14.5. The Bertz CT molecular complexity index is 448. The van der Waals surface area contributed by atoms with Crippen LogP contribution >= 0.6 is 0 Å². The zero-order valence-electron chi connectivity index (χ0n) is 12.5. The monoisotopic (exact) mass is 292 g/mol. The molecule has 5 nitrogen and oxygen atoms in total. The number of nitrogens with one attached hydrogen (secondary N) is 1. The maximum absolute atomic E-state index is 12.8. The Morgan fingerprint density at radius 3 is 2.33 bits per heavy atom. The molecule has 0 unspecified atom stereocenters. The number of hydrogen-bond acceptors (Lipinski definition) is 3. The van der Waals surface area contributed by atoms with Gasteiger partial charge in [0, 0.05) is 6.54 Å². The lowest BCUT2D eigenvalue weighted by Crippen LogP contribution is -2.64. The van der Waals surface area contributed by atoms with Crippen LogP contribution in [0.3, 0.4) is 0 Å². The van der Waals surface area contributed by atoms with Gasteiger partial charge in [0.05, 0.1) is 0 Å². The average Bonchev–Trinajstić information content (AvgIpc) is 3.00. The first-order chi connectivity index (χ1) is 10.1. The van der Waals surface area contributed by atoms with Crippen molar-refractivity contribution >= 4 is 17.8 Å². The standard InChI is InChI=1S/C16H24N2O3/c19-13-16(9-4-1-5-10-16)14(20)18(15(21)17-13)11-8-12-6-2-3-7-12/h12H,1-11H2,(H,17,19,21). The van der Waals surface area contributed by atoms with E-state index in [4.69, 9.17) is 0 Å². The smallest absolute Gasteiger partial charge is 0.277 e. The van der Waals surface area contributed by atoms with Gasteiger partial charge in [-0.15, -0.1) is 0 Å². The van der Waals surface area contributed by atoms with E-state index in [9.17, 15) is 14.4 Å². The lowest BCUT2D eigenvalue weighted by atomic mass is 9.71. The number of hydrogen-bond donors (Lipinski definition) is 1. The van der Waals surface area contributed by atoms with Crippen molar-refractivity contribution in [1.82, 2.24) is 10.2 Å². The molecule has 1 heterocycles. The van der Waals surface area contributed by atoms with Crippen LogP contribution in [0.4, 0.5) is 4.79 Å². The zero-order valence-corrected chi connectivity index (χ0v) is 12.5. The van der Waals surface area contributed by atoms with Gasteiger partial charge >= 0.3 is 6.03 Å². The summed E-state index contributed by atoms with van der Waals surface area (Å²) in [4.78, 5) is 38.3. The molecular formula is C16H24N2O3. The van der Waals surface area contributed by atoms with E-state index in [-0.39, 0.29) is 11.8 Å². The summed E-state index contributed by atoms with van der Waals surface area (Å²) >= 11 is 0. The zero-order chi connectivity index (χ0) is 14.9. The van der Waals surface area contributed by atoms with Crippen LogP contribution in [0.1, 0.15) is 64.2 Å².